The van der Waals surface area contributed by atoms with Crippen molar-refractivity contribution in [1.82, 2.24) is 4.57 Å². The number of thiophene rings is 2. The monoisotopic (exact) mass is 301 g/mol. The van der Waals surface area contributed by atoms with Crippen molar-refractivity contribution in [3.63, 3.8) is 0 Å². The molecule has 0 aliphatic carbocycles. The van der Waals surface area contributed by atoms with E-state index in [1.165, 1.54) is 9.00 Å². The highest BCUT2D eigenvalue weighted by atomic mass is 35.6. The first-order chi connectivity index (χ1) is 8.23. The van der Waals surface area contributed by atoms with Crippen molar-refractivity contribution in [3.8, 4) is 0 Å². The third kappa shape index (κ3) is 2.37. The maximum Gasteiger partial charge on any atom is 0.311 e. The average molecular weight is 302 g/mol. The minimum atomic E-state index is -2.18. The maximum absolute atomic E-state index is 7.12. The van der Waals surface area contributed by atoms with Gasteiger partial charge >= 0.3 is 7.55 Å². The van der Waals surface area contributed by atoms with Gasteiger partial charge in [0.2, 0.25) is 0 Å². The van der Waals surface area contributed by atoms with E-state index in [0.29, 0.717) is 0 Å². The Hall–Kier alpha value is -0.133. The predicted octanol–water partition coefficient (Wildman–Crippen LogP) is 2.95. The lowest BCUT2D eigenvalue weighted by atomic mass is 10.7. The van der Waals surface area contributed by atoms with E-state index in [-0.39, 0.29) is 0 Å². The van der Waals surface area contributed by atoms with E-state index in [1.807, 2.05) is 0 Å². The van der Waals surface area contributed by atoms with Crippen LogP contribution < -0.4 is 9.00 Å². The molecule has 0 unspecified atom stereocenters. The van der Waals surface area contributed by atoms with Gasteiger partial charge in [0.1, 0.15) is 0 Å². The first kappa shape index (κ1) is 13.3. The van der Waals surface area contributed by atoms with Crippen molar-refractivity contribution < 1.29 is 0 Å². The molecule has 1 nitrogen and oxygen atoms in total. The number of nitrogens with zero attached hydrogens (tertiary/aromatic N) is 1. The molecule has 0 aromatic carbocycles. The normalized spacial score (nSPS) is 12.2. The Bertz CT molecular complexity index is 403. The summed E-state index contributed by atoms with van der Waals surface area (Å²) < 4.78 is 5.11. The second-order valence-electron chi connectivity index (χ2n) is 3.75. The van der Waals surface area contributed by atoms with E-state index in [0.717, 1.165) is 13.1 Å². The molecule has 0 saturated carbocycles. The van der Waals surface area contributed by atoms with Gasteiger partial charge < -0.3 is 4.57 Å². The van der Waals surface area contributed by atoms with Crippen LogP contribution in [0.25, 0.3) is 0 Å². The van der Waals surface area contributed by atoms with Gasteiger partial charge in [0.25, 0.3) is 0 Å². The van der Waals surface area contributed by atoms with Gasteiger partial charge in [-0.05, 0) is 36.0 Å². The van der Waals surface area contributed by atoms with Gasteiger partial charge in [-0.1, -0.05) is 26.0 Å². The molecule has 2 aromatic heterocycles. The third-order valence-electron chi connectivity index (χ3n) is 2.89. The van der Waals surface area contributed by atoms with Crippen LogP contribution in [0.5, 0.6) is 0 Å². The van der Waals surface area contributed by atoms with Crippen LogP contribution in [0.3, 0.4) is 0 Å². The standard InChI is InChI=1S/C12H16ClNS2Si/c1-3-14(4-2)17(13,11-7-5-9-15-11)12-8-6-10-16-12/h5-10H,3-4H2,1-2H3. The number of hydrogen-bond donors (Lipinski definition) is 0. The minimum Gasteiger partial charge on any atom is -0.304 e. The molecule has 2 heterocycles. The van der Waals surface area contributed by atoms with E-state index in [1.54, 1.807) is 22.7 Å². The number of hydrogen-bond acceptors (Lipinski definition) is 3. The van der Waals surface area contributed by atoms with Crippen LogP contribution in [0.4, 0.5) is 0 Å². The second-order valence-corrected chi connectivity index (χ2v) is 11.0. The molecule has 0 fully saturated rings. The molecule has 5 heteroatoms. The molecule has 2 rings (SSSR count). The molecule has 0 aliphatic heterocycles. The number of halogens is 1. The summed E-state index contributed by atoms with van der Waals surface area (Å²) in [6.45, 7) is 6.38. The fraction of sp³-hybridized carbons (Fsp3) is 0.333. The van der Waals surface area contributed by atoms with Gasteiger partial charge in [-0.15, -0.1) is 11.1 Å². The number of rotatable bonds is 5. The topological polar surface area (TPSA) is 3.24 Å². The van der Waals surface area contributed by atoms with Crippen molar-refractivity contribution in [2.45, 2.75) is 13.8 Å². The summed E-state index contributed by atoms with van der Waals surface area (Å²) >= 11 is 10.7. The molecule has 0 bridgehead atoms. The van der Waals surface area contributed by atoms with Gasteiger partial charge in [-0.2, -0.15) is 22.7 Å². The van der Waals surface area contributed by atoms with E-state index in [2.05, 4.69) is 53.4 Å². The molecule has 0 spiro atoms. The van der Waals surface area contributed by atoms with E-state index >= 15 is 0 Å². The summed E-state index contributed by atoms with van der Waals surface area (Å²) in [6, 6.07) is 8.56. The van der Waals surface area contributed by atoms with Gasteiger partial charge in [0, 0.05) is 9.00 Å². The van der Waals surface area contributed by atoms with Crippen LogP contribution in [0.2, 0.25) is 0 Å². The van der Waals surface area contributed by atoms with E-state index in [9.17, 15) is 0 Å². The summed E-state index contributed by atoms with van der Waals surface area (Å²) in [5.74, 6) is 0. The average Bonchev–Trinajstić information content (AvgIpc) is 3.04. The molecule has 0 saturated heterocycles. The fourth-order valence-electron chi connectivity index (χ4n) is 2.03. The van der Waals surface area contributed by atoms with Crippen LogP contribution in [-0.4, -0.2) is 25.2 Å². The third-order valence-corrected chi connectivity index (χ3v) is 12.5. The highest BCUT2D eigenvalue weighted by Crippen LogP contribution is 2.20. The van der Waals surface area contributed by atoms with Crippen molar-refractivity contribution in [1.29, 1.82) is 0 Å². The molecule has 0 radical (unpaired) electrons. The molecule has 0 N–H and O–H groups in total. The summed E-state index contributed by atoms with van der Waals surface area (Å²) in [4.78, 5) is 0. The second kappa shape index (κ2) is 5.67. The summed E-state index contributed by atoms with van der Waals surface area (Å²) in [7, 11) is -2.18. The van der Waals surface area contributed by atoms with Crippen molar-refractivity contribution in [3.05, 3.63) is 35.0 Å². The van der Waals surface area contributed by atoms with E-state index < -0.39 is 7.55 Å². The maximum atomic E-state index is 7.12. The summed E-state index contributed by atoms with van der Waals surface area (Å²) in [5, 5.41) is 4.24. The lowest BCUT2D eigenvalue weighted by molar-refractivity contribution is 0.487. The first-order valence-electron chi connectivity index (χ1n) is 5.75. The van der Waals surface area contributed by atoms with Crippen LogP contribution >= 0.6 is 33.8 Å². The molecular formula is C12H16ClNS2Si. The molecule has 2 aromatic rings. The zero-order valence-electron chi connectivity index (χ0n) is 10.0. The molecule has 0 atom stereocenters. The minimum absolute atomic E-state index is 1.00. The summed E-state index contributed by atoms with van der Waals surface area (Å²) in [5.41, 5.74) is 0. The van der Waals surface area contributed by atoms with Gasteiger partial charge in [0.15, 0.2) is 0 Å². The zero-order chi connectivity index (χ0) is 12.3. The van der Waals surface area contributed by atoms with Crippen molar-refractivity contribution in [2.75, 3.05) is 13.1 Å². The SMILES string of the molecule is CCN(CC)[Si](Cl)(c1cccs1)c1cccs1. The Labute approximate surface area is 116 Å². The Morgan fingerprint density at radius 3 is 1.82 bits per heavy atom. The molecule has 92 valence electrons. The van der Waals surface area contributed by atoms with Crippen LogP contribution in [-0.2, 0) is 0 Å². The van der Waals surface area contributed by atoms with Crippen molar-refractivity contribution >= 4 is 50.3 Å². The zero-order valence-corrected chi connectivity index (χ0v) is 13.4. The Balaban J connectivity index is 2.50. The largest absolute Gasteiger partial charge is 0.311 e. The highest BCUT2D eigenvalue weighted by Gasteiger charge is 2.43. The van der Waals surface area contributed by atoms with Crippen LogP contribution in [0, 0.1) is 0 Å². The Morgan fingerprint density at radius 1 is 1.06 bits per heavy atom. The van der Waals surface area contributed by atoms with Crippen molar-refractivity contribution in [2.24, 2.45) is 0 Å². The Morgan fingerprint density at radius 2 is 1.53 bits per heavy atom. The van der Waals surface area contributed by atoms with Gasteiger partial charge in [-0.3, -0.25) is 0 Å². The van der Waals surface area contributed by atoms with Gasteiger partial charge in [0.05, 0.1) is 0 Å². The fourth-order valence-corrected chi connectivity index (χ4v) is 10.5. The molecule has 0 aliphatic rings. The van der Waals surface area contributed by atoms with Crippen LogP contribution in [0.1, 0.15) is 13.8 Å². The molecule has 0 amide bonds. The molecular weight excluding hydrogens is 286 g/mol. The summed E-state index contributed by atoms with van der Waals surface area (Å²) in [6.07, 6.45) is 0. The van der Waals surface area contributed by atoms with E-state index in [4.69, 9.17) is 11.1 Å². The Kier molecular flexibility index (Phi) is 4.44. The smallest absolute Gasteiger partial charge is 0.304 e. The first-order valence-corrected chi connectivity index (χ1v) is 10.5. The van der Waals surface area contributed by atoms with Crippen LogP contribution in [0.15, 0.2) is 35.0 Å². The lowest BCUT2D eigenvalue weighted by Crippen LogP contribution is -2.64. The predicted molar refractivity (Wildman–Crippen MR) is 82.4 cm³/mol. The highest BCUT2D eigenvalue weighted by molar-refractivity contribution is 7.48. The molecule has 17 heavy (non-hydrogen) atoms. The van der Waals surface area contributed by atoms with Gasteiger partial charge in [-0.25, -0.2) is 0 Å². The lowest BCUT2D eigenvalue weighted by Gasteiger charge is -2.34. The quantitative estimate of drug-likeness (QED) is 0.606.